The predicted molar refractivity (Wildman–Crippen MR) is 109 cm³/mol. The van der Waals surface area contributed by atoms with Crippen molar-refractivity contribution < 1.29 is 9.59 Å². The fraction of sp³-hybridized carbons (Fsp3) is 0.381. The molecule has 0 bridgehead atoms. The largest absolute Gasteiger partial charge is 0.383 e. The zero-order valence-electron chi connectivity index (χ0n) is 15.5. The Balaban J connectivity index is 1.50. The van der Waals surface area contributed by atoms with Gasteiger partial charge in [-0.1, -0.05) is 23.7 Å². The summed E-state index contributed by atoms with van der Waals surface area (Å²) in [6, 6.07) is 9.17. The maximum absolute atomic E-state index is 12.9. The van der Waals surface area contributed by atoms with Crippen LogP contribution in [0.15, 0.2) is 36.5 Å². The van der Waals surface area contributed by atoms with Gasteiger partial charge in [-0.05, 0) is 67.3 Å². The Morgan fingerprint density at radius 1 is 1.18 bits per heavy atom. The Morgan fingerprint density at radius 3 is 2.75 bits per heavy atom. The summed E-state index contributed by atoms with van der Waals surface area (Å²) in [6.07, 6.45) is 6.36. The van der Waals surface area contributed by atoms with Gasteiger partial charge < -0.3 is 16.0 Å². The Bertz CT molecular complexity index is 913. The van der Waals surface area contributed by atoms with Gasteiger partial charge in [0.05, 0.1) is 17.9 Å². The monoisotopic (exact) mass is 398 g/mol. The molecule has 6 nitrogen and oxygen atoms in total. The molecule has 7 heteroatoms. The van der Waals surface area contributed by atoms with Gasteiger partial charge in [-0.2, -0.15) is 0 Å². The third-order valence-corrected chi connectivity index (χ3v) is 5.65. The van der Waals surface area contributed by atoms with Crippen LogP contribution in [0.5, 0.6) is 0 Å². The minimum atomic E-state index is -0.651. The van der Waals surface area contributed by atoms with E-state index in [1.54, 1.807) is 11.0 Å². The first-order valence-corrected chi connectivity index (χ1v) is 10.0. The number of anilines is 2. The van der Waals surface area contributed by atoms with Crippen molar-refractivity contribution in [3.63, 3.8) is 0 Å². The third kappa shape index (κ3) is 3.97. The molecule has 146 valence electrons. The molecule has 1 aromatic heterocycles. The number of nitrogens with zero attached hydrogens (tertiary/aromatic N) is 2. The van der Waals surface area contributed by atoms with E-state index in [-0.39, 0.29) is 6.04 Å². The van der Waals surface area contributed by atoms with E-state index in [0.29, 0.717) is 29.0 Å². The molecule has 0 spiro atoms. The quantitative estimate of drug-likeness (QED) is 0.768. The van der Waals surface area contributed by atoms with Crippen LogP contribution in [-0.4, -0.2) is 28.2 Å². The van der Waals surface area contributed by atoms with Crippen LogP contribution >= 0.6 is 11.6 Å². The number of carbonyl (C=O) groups is 2. The number of carbonyl (C=O) groups excluding carboxylic acids is 2. The number of piperidine rings is 1. The molecule has 28 heavy (non-hydrogen) atoms. The topological polar surface area (TPSA) is 88.3 Å². The number of nitrogens with one attached hydrogen (secondary N) is 1. The zero-order valence-corrected chi connectivity index (χ0v) is 16.3. The predicted octanol–water partition coefficient (Wildman–Crippen LogP) is 3.89. The van der Waals surface area contributed by atoms with Gasteiger partial charge >= 0.3 is 11.8 Å². The lowest BCUT2D eigenvalue weighted by atomic mass is 9.95. The molecule has 2 heterocycles. The van der Waals surface area contributed by atoms with Crippen LogP contribution in [-0.2, 0) is 9.59 Å². The number of amides is 2. The highest BCUT2D eigenvalue weighted by Gasteiger charge is 2.32. The number of nitrogen functional groups attached to an aromatic ring is 1. The summed E-state index contributed by atoms with van der Waals surface area (Å²) in [4.78, 5) is 31.4. The number of pyridine rings is 1. The average molecular weight is 399 g/mol. The van der Waals surface area contributed by atoms with Crippen molar-refractivity contribution in [2.75, 3.05) is 17.6 Å². The summed E-state index contributed by atoms with van der Waals surface area (Å²) in [7, 11) is 0. The first-order chi connectivity index (χ1) is 13.5. The lowest BCUT2D eigenvalue weighted by Gasteiger charge is -2.35. The molecule has 1 aliphatic heterocycles. The van der Waals surface area contributed by atoms with Crippen LogP contribution in [0.2, 0.25) is 5.02 Å². The van der Waals surface area contributed by atoms with Gasteiger partial charge in [0, 0.05) is 11.6 Å². The fourth-order valence-corrected chi connectivity index (χ4v) is 4.03. The molecule has 1 saturated carbocycles. The highest BCUT2D eigenvalue weighted by molar-refractivity contribution is 6.39. The Hall–Kier alpha value is -2.60. The molecule has 4 rings (SSSR count). The number of hydrogen-bond acceptors (Lipinski definition) is 4. The number of rotatable bonds is 3. The molecule has 1 aliphatic carbocycles. The van der Waals surface area contributed by atoms with Crippen LogP contribution in [0.3, 0.4) is 0 Å². The lowest BCUT2D eigenvalue weighted by molar-refractivity contribution is -0.145. The van der Waals surface area contributed by atoms with Crippen LogP contribution in [0.25, 0.3) is 0 Å². The Morgan fingerprint density at radius 2 is 2.00 bits per heavy atom. The van der Waals surface area contributed by atoms with Gasteiger partial charge in [0.25, 0.3) is 0 Å². The number of hydrogen-bond donors (Lipinski definition) is 2. The third-order valence-electron chi connectivity index (χ3n) is 5.42. The van der Waals surface area contributed by atoms with Gasteiger partial charge in [-0.15, -0.1) is 0 Å². The second-order valence-electron chi connectivity index (χ2n) is 7.49. The van der Waals surface area contributed by atoms with Crippen LogP contribution in [0.4, 0.5) is 11.5 Å². The van der Waals surface area contributed by atoms with Crippen molar-refractivity contribution in [1.29, 1.82) is 0 Å². The van der Waals surface area contributed by atoms with E-state index >= 15 is 0 Å². The maximum Gasteiger partial charge on any atom is 0.313 e. The van der Waals surface area contributed by atoms with Crippen molar-refractivity contribution >= 4 is 34.9 Å². The molecule has 1 saturated heterocycles. The van der Waals surface area contributed by atoms with Gasteiger partial charge in [0.1, 0.15) is 5.82 Å². The summed E-state index contributed by atoms with van der Waals surface area (Å²) < 4.78 is 0. The highest BCUT2D eigenvalue weighted by atomic mass is 35.5. The smallest absolute Gasteiger partial charge is 0.313 e. The molecular formula is C21H23ClN4O2. The summed E-state index contributed by atoms with van der Waals surface area (Å²) in [5.41, 5.74) is 8.33. The molecule has 2 aliphatic rings. The molecule has 2 aromatic rings. The first-order valence-electron chi connectivity index (χ1n) is 9.66. The van der Waals surface area contributed by atoms with Gasteiger partial charge in [-0.3, -0.25) is 9.59 Å². The van der Waals surface area contributed by atoms with E-state index < -0.39 is 11.8 Å². The summed E-state index contributed by atoms with van der Waals surface area (Å²) in [5, 5.41) is 3.32. The van der Waals surface area contributed by atoms with E-state index in [9.17, 15) is 9.59 Å². The van der Waals surface area contributed by atoms with Crippen molar-refractivity contribution in [2.45, 2.75) is 44.1 Å². The summed E-state index contributed by atoms with van der Waals surface area (Å²) in [6.45, 7) is 0.552. The van der Waals surface area contributed by atoms with Gasteiger partial charge in [0.15, 0.2) is 0 Å². The van der Waals surface area contributed by atoms with Crippen molar-refractivity contribution in [2.24, 2.45) is 0 Å². The normalized spacial score (nSPS) is 19.3. The van der Waals surface area contributed by atoms with E-state index in [0.717, 1.165) is 43.2 Å². The number of halogens is 1. The second kappa shape index (κ2) is 7.80. The molecule has 0 unspecified atom stereocenters. The molecular weight excluding hydrogens is 376 g/mol. The second-order valence-corrected chi connectivity index (χ2v) is 7.93. The number of benzene rings is 1. The molecule has 2 fully saturated rings. The van der Waals surface area contributed by atoms with Crippen LogP contribution in [0, 0.1) is 0 Å². The first kappa shape index (κ1) is 18.7. The zero-order chi connectivity index (χ0) is 19.7. The highest BCUT2D eigenvalue weighted by Crippen LogP contribution is 2.42. The molecule has 1 atom stereocenters. The minimum Gasteiger partial charge on any atom is -0.383 e. The van der Waals surface area contributed by atoms with Crippen molar-refractivity contribution in [1.82, 2.24) is 9.88 Å². The number of nitrogens with two attached hydrogens (primary N) is 1. The van der Waals surface area contributed by atoms with E-state index in [1.165, 1.54) is 6.20 Å². The van der Waals surface area contributed by atoms with E-state index in [1.807, 2.05) is 24.3 Å². The number of likely N-dealkylation sites (tertiary alicyclic amines) is 1. The lowest BCUT2D eigenvalue weighted by Crippen LogP contribution is -2.44. The summed E-state index contributed by atoms with van der Waals surface area (Å²) >= 11 is 6.12. The molecule has 2 amide bonds. The van der Waals surface area contributed by atoms with Crippen LogP contribution in [0.1, 0.15) is 55.2 Å². The molecule has 0 radical (unpaired) electrons. The van der Waals surface area contributed by atoms with Gasteiger partial charge in [-0.25, -0.2) is 4.98 Å². The fourth-order valence-electron chi connectivity index (χ4n) is 3.83. The van der Waals surface area contributed by atoms with E-state index in [4.69, 9.17) is 17.3 Å². The molecule has 3 N–H and O–H groups in total. The summed E-state index contributed by atoms with van der Waals surface area (Å²) in [5.74, 6) is -0.282. The Kier molecular flexibility index (Phi) is 5.22. The van der Waals surface area contributed by atoms with Crippen molar-refractivity contribution in [3.05, 3.63) is 52.7 Å². The maximum atomic E-state index is 12.9. The number of aromatic nitrogens is 1. The van der Waals surface area contributed by atoms with Crippen LogP contribution < -0.4 is 11.1 Å². The molecule has 1 aromatic carbocycles. The van der Waals surface area contributed by atoms with E-state index in [2.05, 4.69) is 10.3 Å². The average Bonchev–Trinajstić information content (AvgIpc) is 3.54. The van der Waals surface area contributed by atoms with Gasteiger partial charge in [0.2, 0.25) is 0 Å². The standard InChI is InChI=1S/C21H23ClN4O2/c22-15-5-3-4-14(10-15)18-6-1-2-9-26(18)21(28)20(27)25-16-11-17(13-7-8-13)19(23)24-12-16/h3-5,10-13,18H,1-2,6-9H2,(H2,23,24)(H,25,27)/t18-/m0/s1. The Labute approximate surface area is 169 Å². The van der Waals surface area contributed by atoms with Crippen molar-refractivity contribution in [3.8, 4) is 0 Å². The minimum absolute atomic E-state index is 0.141. The SMILES string of the molecule is Nc1ncc(NC(=O)C(=O)N2CCCC[C@H]2c2cccc(Cl)c2)cc1C1CC1.